The van der Waals surface area contributed by atoms with E-state index in [4.69, 9.17) is 0 Å². The minimum Gasteiger partial charge on any atom is -0.0991 e. The van der Waals surface area contributed by atoms with E-state index in [0.717, 1.165) is 33.4 Å². The molecule has 0 N–H and O–H groups in total. The second kappa shape index (κ2) is 10.0. The largest absolute Gasteiger partial charge is 0.0991 e. The van der Waals surface area contributed by atoms with Crippen molar-refractivity contribution in [2.24, 2.45) is 0 Å². The van der Waals surface area contributed by atoms with Gasteiger partial charge in [-0.1, -0.05) is 99.2 Å². The normalized spacial score (nSPS) is 11.8. The number of allylic oxidation sites excluding steroid dienone is 6. The van der Waals surface area contributed by atoms with Crippen molar-refractivity contribution >= 4 is 36.5 Å². The van der Waals surface area contributed by atoms with Crippen LogP contribution in [0, 0.1) is 0 Å². The summed E-state index contributed by atoms with van der Waals surface area (Å²) in [6.07, 6.45) is 23.7. The van der Waals surface area contributed by atoms with Gasteiger partial charge >= 0.3 is 0 Å². The van der Waals surface area contributed by atoms with E-state index in [1.54, 1.807) is 12.2 Å². The van der Waals surface area contributed by atoms with Crippen LogP contribution in [0.25, 0.3) is 36.5 Å². The van der Waals surface area contributed by atoms with E-state index >= 15 is 0 Å². The van der Waals surface area contributed by atoms with Crippen LogP contribution < -0.4 is 0 Å². The molecule has 0 radical (unpaired) electrons. The Morgan fingerprint density at radius 2 is 0.833 bits per heavy atom. The third-order valence-corrected chi connectivity index (χ3v) is 3.61. The maximum Gasteiger partial charge on any atom is -0.00993 e. The minimum absolute atomic E-state index is 1.06. The molecule has 1 aromatic rings. The van der Waals surface area contributed by atoms with Crippen LogP contribution in [0.4, 0.5) is 0 Å². The smallest absolute Gasteiger partial charge is 0.00993 e. The lowest BCUT2D eigenvalue weighted by atomic mass is 9.85. The highest BCUT2D eigenvalue weighted by atomic mass is 14.2. The predicted molar refractivity (Wildman–Crippen MR) is 115 cm³/mol. The highest BCUT2D eigenvalue weighted by Crippen LogP contribution is 2.34. The molecule has 0 aliphatic rings. The fourth-order valence-electron chi connectivity index (χ4n) is 2.69. The number of benzene rings is 1. The summed E-state index contributed by atoms with van der Waals surface area (Å²) in [5, 5.41) is 0. The Balaban J connectivity index is 4.13. The van der Waals surface area contributed by atoms with Crippen molar-refractivity contribution in [3.63, 3.8) is 0 Å². The summed E-state index contributed by atoms with van der Waals surface area (Å²) in [5.41, 5.74) is 6.65. The van der Waals surface area contributed by atoms with E-state index < -0.39 is 0 Å². The van der Waals surface area contributed by atoms with Gasteiger partial charge in [0.25, 0.3) is 0 Å². The van der Waals surface area contributed by atoms with Crippen molar-refractivity contribution in [2.45, 2.75) is 13.8 Å². The van der Waals surface area contributed by atoms with Gasteiger partial charge in [0, 0.05) is 0 Å². The predicted octanol–water partition coefficient (Wildman–Crippen LogP) is 7.44. The Morgan fingerprint density at radius 1 is 0.500 bits per heavy atom. The van der Waals surface area contributed by atoms with Gasteiger partial charge in [-0.25, -0.2) is 0 Å². The highest BCUT2D eigenvalue weighted by Gasteiger charge is 2.15. The molecule has 122 valence electrons. The second-order valence-electron chi connectivity index (χ2n) is 5.08. The van der Waals surface area contributed by atoms with Crippen molar-refractivity contribution < 1.29 is 0 Å². The molecular formula is C24H26. The molecule has 0 spiro atoms. The van der Waals surface area contributed by atoms with E-state index in [2.05, 4.69) is 62.8 Å². The van der Waals surface area contributed by atoms with Gasteiger partial charge in [-0.2, -0.15) is 0 Å². The summed E-state index contributed by atoms with van der Waals surface area (Å²) < 4.78 is 0. The van der Waals surface area contributed by atoms with Gasteiger partial charge in [-0.3, -0.25) is 0 Å². The second-order valence-corrected chi connectivity index (χ2v) is 5.08. The van der Waals surface area contributed by atoms with Crippen molar-refractivity contribution in [3.8, 4) is 0 Å². The van der Waals surface area contributed by atoms with Crippen LogP contribution in [0.1, 0.15) is 47.2 Å². The van der Waals surface area contributed by atoms with E-state index in [1.807, 2.05) is 38.2 Å². The maximum atomic E-state index is 4.01. The van der Waals surface area contributed by atoms with E-state index in [1.165, 1.54) is 0 Å². The molecule has 0 aliphatic heterocycles. The van der Waals surface area contributed by atoms with Crippen molar-refractivity contribution in [1.82, 2.24) is 0 Å². The molecule has 0 aromatic heterocycles. The first-order chi connectivity index (χ1) is 11.7. The SMILES string of the molecule is C=C/C=C\c1c(C=C)c(C=C)c(/C=C\C=C)c(/C=C\C)c1/C=C\C. The van der Waals surface area contributed by atoms with Gasteiger partial charge in [0.1, 0.15) is 0 Å². The molecule has 1 aromatic carbocycles. The first-order valence-corrected chi connectivity index (χ1v) is 8.02. The van der Waals surface area contributed by atoms with Crippen LogP contribution in [-0.2, 0) is 0 Å². The van der Waals surface area contributed by atoms with Gasteiger partial charge in [0.2, 0.25) is 0 Å². The lowest BCUT2D eigenvalue weighted by Gasteiger charge is -2.18. The Kier molecular flexibility index (Phi) is 8.01. The molecule has 0 saturated carbocycles. The van der Waals surface area contributed by atoms with Gasteiger partial charge in [0.05, 0.1) is 0 Å². The quantitative estimate of drug-likeness (QED) is 0.437. The molecule has 0 amide bonds. The van der Waals surface area contributed by atoms with Crippen LogP contribution in [-0.4, -0.2) is 0 Å². The van der Waals surface area contributed by atoms with Crippen LogP contribution in [0.15, 0.2) is 62.8 Å². The van der Waals surface area contributed by atoms with Gasteiger partial charge < -0.3 is 0 Å². The monoisotopic (exact) mass is 314 g/mol. The first-order valence-electron chi connectivity index (χ1n) is 8.02. The molecule has 0 saturated heterocycles. The van der Waals surface area contributed by atoms with Crippen molar-refractivity contribution in [3.05, 3.63) is 96.2 Å². The Morgan fingerprint density at radius 3 is 1.08 bits per heavy atom. The van der Waals surface area contributed by atoms with E-state index in [0.29, 0.717) is 0 Å². The average Bonchev–Trinajstić information content (AvgIpc) is 2.60. The Bertz CT molecular complexity index is 682. The molecule has 0 nitrogen and oxygen atoms in total. The Labute approximate surface area is 146 Å². The molecule has 0 atom stereocenters. The third kappa shape index (κ3) is 4.11. The fraction of sp³-hybridized carbons (Fsp3) is 0.0833. The molecule has 0 heterocycles. The summed E-state index contributed by atoms with van der Waals surface area (Å²) in [5.74, 6) is 0. The average molecular weight is 314 g/mol. The highest BCUT2D eigenvalue weighted by molar-refractivity contribution is 5.90. The summed E-state index contributed by atoms with van der Waals surface area (Å²) in [4.78, 5) is 0. The molecule has 24 heavy (non-hydrogen) atoms. The molecule has 0 bridgehead atoms. The van der Waals surface area contributed by atoms with Gasteiger partial charge in [0.15, 0.2) is 0 Å². The summed E-state index contributed by atoms with van der Waals surface area (Å²) in [6.45, 7) is 19.6. The van der Waals surface area contributed by atoms with Crippen LogP contribution >= 0.6 is 0 Å². The molecule has 0 fully saturated rings. The molecule has 0 aliphatic carbocycles. The first kappa shape index (κ1) is 19.2. The fourth-order valence-corrected chi connectivity index (χ4v) is 2.69. The lowest BCUT2D eigenvalue weighted by molar-refractivity contribution is 1.47. The summed E-state index contributed by atoms with van der Waals surface area (Å²) in [6, 6.07) is 0. The standard InChI is InChI=1S/C24H26/c1-7-13-17-23-19(11-5)20(12-6)24(18-14-8-2)22(16-10-4)21(23)15-9-3/h7-18H,1-2,5-6H2,3-4H3/b15-9-,16-10-,17-13-,18-14-. The third-order valence-electron chi connectivity index (χ3n) is 3.61. The number of hydrogen-bond acceptors (Lipinski definition) is 0. The van der Waals surface area contributed by atoms with Gasteiger partial charge in [-0.15, -0.1) is 0 Å². The van der Waals surface area contributed by atoms with Crippen LogP contribution in [0.5, 0.6) is 0 Å². The van der Waals surface area contributed by atoms with Crippen LogP contribution in [0.2, 0.25) is 0 Å². The van der Waals surface area contributed by atoms with E-state index in [9.17, 15) is 0 Å². The zero-order chi connectivity index (χ0) is 17.9. The zero-order valence-electron chi connectivity index (χ0n) is 14.8. The van der Waals surface area contributed by atoms with Gasteiger partial charge in [-0.05, 0) is 47.2 Å². The Hall–Kier alpha value is -2.86. The summed E-state index contributed by atoms with van der Waals surface area (Å²) >= 11 is 0. The van der Waals surface area contributed by atoms with Crippen LogP contribution in [0.3, 0.4) is 0 Å². The lowest BCUT2D eigenvalue weighted by Crippen LogP contribution is -2.00. The maximum absolute atomic E-state index is 4.01. The molecule has 1 rings (SSSR count). The topological polar surface area (TPSA) is 0 Å². The summed E-state index contributed by atoms with van der Waals surface area (Å²) in [7, 11) is 0. The molecule has 0 heteroatoms. The number of rotatable bonds is 8. The minimum atomic E-state index is 1.06. The zero-order valence-corrected chi connectivity index (χ0v) is 14.8. The number of hydrogen-bond donors (Lipinski definition) is 0. The van der Waals surface area contributed by atoms with Crippen molar-refractivity contribution in [2.75, 3.05) is 0 Å². The van der Waals surface area contributed by atoms with E-state index in [-0.39, 0.29) is 0 Å². The molecule has 0 unspecified atom stereocenters. The molecular weight excluding hydrogens is 288 g/mol. The van der Waals surface area contributed by atoms with Crippen molar-refractivity contribution in [1.29, 1.82) is 0 Å².